The maximum atomic E-state index is 13.2. The van der Waals surface area contributed by atoms with Gasteiger partial charge in [-0.3, -0.25) is 4.79 Å². The second-order valence-electron chi connectivity index (χ2n) is 5.78. The molecule has 1 aromatic heterocycles. The van der Waals surface area contributed by atoms with Crippen molar-refractivity contribution in [3.05, 3.63) is 81.6 Å². The van der Waals surface area contributed by atoms with Crippen molar-refractivity contribution in [3.8, 4) is 5.75 Å². The standard InChI is InChI=1S/C20H19FN2O2S/c1-14-23-17(13-26-14)12-25-19-8-3-2-7-18(19)20(24)22-10-9-15-5-4-6-16(21)11-15/h2-8,11,13H,9-10,12H2,1H3,(H,22,24). The molecular weight excluding hydrogens is 351 g/mol. The van der Waals surface area contributed by atoms with Gasteiger partial charge in [0.1, 0.15) is 18.2 Å². The summed E-state index contributed by atoms with van der Waals surface area (Å²) in [6, 6.07) is 13.5. The van der Waals surface area contributed by atoms with Crippen molar-refractivity contribution in [1.29, 1.82) is 0 Å². The lowest BCUT2D eigenvalue weighted by Gasteiger charge is -2.11. The normalized spacial score (nSPS) is 10.5. The van der Waals surface area contributed by atoms with Gasteiger partial charge in [-0.2, -0.15) is 0 Å². The molecule has 0 atom stereocenters. The van der Waals surface area contributed by atoms with Crippen LogP contribution in [0.3, 0.4) is 0 Å². The van der Waals surface area contributed by atoms with E-state index in [2.05, 4.69) is 10.3 Å². The molecule has 2 aromatic carbocycles. The van der Waals surface area contributed by atoms with E-state index in [1.165, 1.54) is 12.1 Å². The van der Waals surface area contributed by atoms with Crippen LogP contribution in [0.15, 0.2) is 53.9 Å². The van der Waals surface area contributed by atoms with Gasteiger partial charge in [0.15, 0.2) is 0 Å². The van der Waals surface area contributed by atoms with Crippen molar-refractivity contribution in [2.45, 2.75) is 20.0 Å². The summed E-state index contributed by atoms with van der Waals surface area (Å²) in [5.41, 5.74) is 2.15. The van der Waals surface area contributed by atoms with Gasteiger partial charge in [-0.05, 0) is 43.2 Å². The zero-order valence-corrected chi connectivity index (χ0v) is 15.2. The molecule has 0 aliphatic rings. The Kier molecular flexibility index (Phi) is 5.96. The number of amides is 1. The van der Waals surface area contributed by atoms with Crippen LogP contribution in [-0.4, -0.2) is 17.4 Å². The average Bonchev–Trinajstić information content (AvgIpc) is 3.05. The highest BCUT2D eigenvalue weighted by molar-refractivity contribution is 7.09. The van der Waals surface area contributed by atoms with Crippen molar-refractivity contribution < 1.29 is 13.9 Å². The first-order chi connectivity index (χ1) is 12.6. The quantitative estimate of drug-likeness (QED) is 0.680. The van der Waals surface area contributed by atoms with Gasteiger partial charge in [0.25, 0.3) is 5.91 Å². The molecule has 0 radical (unpaired) electrons. The predicted octanol–water partition coefficient (Wildman–Crippen LogP) is 4.14. The van der Waals surface area contributed by atoms with E-state index in [9.17, 15) is 9.18 Å². The number of para-hydroxylation sites is 1. The highest BCUT2D eigenvalue weighted by Crippen LogP contribution is 2.20. The number of carbonyl (C=O) groups is 1. The number of hydrogen-bond donors (Lipinski definition) is 1. The molecule has 0 unspecified atom stereocenters. The maximum absolute atomic E-state index is 13.2. The first-order valence-electron chi connectivity index (χ1n) is 8.27. The number of nitrogens with zero attached hydrogens (tertiary/aromatic N) is 1. The Hall–Kier alpha value is -2.73. The van der Waals surface area contributed by atoms with Crippen LogP contribution in [0.5, 0.6) is 5.75 Å². The summed E-state index contributed by atoms with van der Waals surface area (Å²) in [5, 5.41) is 5.77. The predicted molar refractivity (Wildman–Crippen MR) is 100 cm³/mol. The number of benzene rings is 2. The number of ether oxygens (including phenoxy) is 1. The fourth-order valence-electron chi connectivity index (χ4n) is 2.51. The molecule has 26 heavy (non-hydrogen) atoms. The van der Waals surface area contributed by atoms with E-state index in [4.69, 9.17) is 4.74 Å². The van der Waals surface area contributed by atoms with Crippen molar-refractivity contribution in [2.75, 3.05) is 6.54 Å². The van der Waals surface area contributed by atoms with Crippen molar-refractivity contribution >= 4 is 17.2 Å². The minimum atomic E-state index is -0.273. The molecule has 6 heteroatoms. The summed E-state index contributed by atoms with van der Waals surface area (Å²) in [6.07, 6.45) is 0.560. The monoisotopic (exact) mass is 370 g/mol. The number of thiazole rings is 1. The van der Waals surface area contributed by atoms with Crippen LogP contribution in [0, 0.1) is 12.7 Å². The van der Waals surface area contributed by atoms with Crippen LogP contribution in [0.25, 0.3) is 0 Å². The number of rotatable bonds is 7. The Labute approximate surface area is 155 Å². The molecular formula is C20H19FN2O2S. The van der Waals surface area contributed by atoms with E-state index >= 15 is 0 Å². The van der Waals surface area contributed by atoms with Crippen LogP contribution < -0.4 is 10.1 Å². The third kappa shape index (κ3) is 4.89. The van der Waals surface area contributed by atoms with Crippen molar-refractivity contribution in [2.24, 2.45) is 0 Å². The van der Waals surface area contributed by atoms with Crippen LogP contribution >= 0.6 is 11.3 Å². The Morgan fingerprint density at radius 1 is 1.23 bits per heavy atom. The Bertz CT molecular complexity index is 895. The van der Waals surface area contributed by atoms with E-state index < -0.39 is 0 Å². The zero-order valence-electron chi connectivity index (χ0n) is 14.4. The molecule has 0 saturated carbocycles. The molecule has 1 N–H and O–H groups in total. The number of halogens is 1. The summed E-state index contributed by atoms with van der Waals surface area (Å²) in [6.45, 7) is 2.67. The largest absolute Gasteiger partial charge is 0.486 e. The maximum Gasteiger partial charge on any atom is 0.255 e. The molecule has 0 bridgehead atoms. The summed E-state index contributed by atoms with van der Waals surface area (Å²) in [4.78, 5) is 16.8. The third-order valence-corrected chi connectivity index (χ3v) is 4.58. The average molecular weight is 370 g/mol. The van der Waals surface area contributed by atoms with Gasteiger partial charge in [0.2, 0.25) is 0 Å². The molecule has 0 aliphatic heterocycles. The number of aryl methyl sites for hydroxylation is 1. The summed E-state index contributed by atoms with van der Waals surface area (Å²) in [5.74, 6) is 0.0257. The fraction of sp³-hybridized carbons (Fsp3) is 0.200. The molecule has 0 aliphatic carbocycles. The van der Waals surface area contributed by atoms with E-state index in [0.717, 1.165) is 16.3 Å². The van der Waals surface area contributed by atoms with Crippen LogP contribution in [0.2, 0.25) is 0 Å². The van der Waals surface area contributed by atoms with Crippen LogP contribution in [-0.2, 0) is 13.0 Å². The van der Waals surface area contributed by atoms with Gasteiger partial charge >= 0.3 is 0 Å². The summed E-state index contributed by atoms with van der Waals surface area (Å²) in [7, 11) is 0. The molecule has 0 saturated heterocycles. The van der Waals surface area contributed by atoms with E-state index in [-0.39, 0.29) is 11.7 Å². The van der Waals surface area contributed by atoms with Crippen molar-refractivity contribution in [1.82, 2.24) is 10.3 Å². The molecule has 4 nitrogen and oxygen atoms in total. The SMILES string of the molecule is Cc1nc(COc2ccccc2C(=O)NCCc2cccc(F)c2)cs1. The lowest BCUT2D eigenvalue weighted by molar-refractivity contribution is 0.0949. The molecule has 1 amide bonds. The zero-order chi connectivity index (χ0) is 18.4. The lowest BCUT2D eigenvalue weighted by Crippen LogP contribution is -2.26. The minimum Gasteiger partial charge on any atom is -0.486 e. The van der Waals surface area contributed by atoms with Gasteiger partial charge < -0.3 is 10.1 Å². The first kappa shape index (κ1) is 18.1. The second kappa shape index (κ2) is 8.58. The van der Waals surface area contributed by atoms with Crippen molar-refractivity contribution in [3.63, 3.8) is 0 Å². The van der Waals surface area contributed by atoms with Gasteiger partial charge in [-0.1, -0.05) is 24.3 Å². The molecule has 0 spiro atoms. The summed E-state index contributed by atoms with van der Waals surface area (Å²) >= 11 is 1.56. The fourth-order valence-corrected chi connectivity index (χ4v) is 3.11. The summed E-state index contributed by atoms with van der Waals surface area (Å²) < 4.78 is 19.0. The highest BCUT2D eigenvalue weighted by Gasteiger charge is 2.12. The number of carbonyl (C=O) groups excluding carboxylic acids is 1. The Morgan fingerprint density at radius 3 is 2.85 bits per heavy atom. The van der Waals surface area contributed by atoms with Gasteiger partial charge in [0, 0.05) is 11.9 Å². The van der Waals surface area contributed by atoms with Crippen LogP contribution in [0.4, 0.5) is 4.39 Å². The van der Waals surface area contributed by atoms with E-state index in [1.807, 2.05) is 24.4 Å². The minimum absolute atomic E-state index is 0.216. The molecule has 1 heterocycles. The van der Waals surface area contributed by atoms with Gasteiger partial charge in [-0.15, -0.1) is 11.3 Å². The van der Waals surface area contributed by atoms with Gasteiger partial charge in [0.05, 0.1) is 16.3 Å². The first-order valence-corrected chi connectivity index (χ1v) is 9.15. The Balaban J connectivity index is 1.58. The number of aromatic nitrogens is 1. The molecule has 3 rings (SSSR count). The highest BCUT2D eigenvalue weighted by atomic mass is 32.1. The number of nitrogens with one attached hydrogen (secondary N) is 1. The Morgan fingerprint density at radius 2 is 2.08 bits per heavy atom. The smallest absolute Gasteiger partial charge is 0.255 e. The molecule has 134 valence electrons. The third-order valence-electron chi connectivity index (χ3n) is 3.76. The van der Waals surface area contributed by atoms with E-state index in [0.29, 0.717) is 30.9 Å². The lowest BCUT2D eigenvalue weighted by atomic mass is 10.1. The van der Waals surface area contributed by atoms with E-state index in [1.54, 1.807) is 35.6 Å². The van der Waals surface area contributed by atoms with Gasteiger partial charge in [-0.25, -0.2) is 9.37 Å². The topological polar surface area (TPSA) is 51.2 Å². The van der Waals surface area contributed by atoms with Crippen LogP contribution in [0.1, 0.15) is 26.6 Å². The molecule has 3 aromatic rings. The number of hydrogen-bond acceptors (Lipinski definition) is 4. The molecule has 0 fully saturated rings. The second-order valence-corrected chi connectivity index (χ2v) is 6.84.